The molecule has 0 atom stereocenters. The molecule has 1 aliphatic rings. The van der Waals surface area contributed by atoms with Crippen molar-refractivity contribution >= 4 is 5.91 Å². The van der Waals surface area contributed by atoms with Crippen molar-refractivity contribution in [2.24, 2.45) is 5.92 Å². The van der Waals surface area contributed by atoms with Gasteiger partial charge in [0.25, 0.3) is 0 Å². The van der Waals surface area contributed by atoms with Gasteiger partial charge >= 0.3 is 0 Å². The Balaban J connectivity index is 1.91. The van der Waals surface area contributed by atoms with Crippen LogP contribution in [0.5, 0.6) is 0 Å². The van der Waals surface area contributed by atoms with Crippen LogP contribution in [0, 0.1) is 17.6 Å². The van der Waals surface area contributed by atoms with Crippen molar-refractivity contribution in [1.82, 2.24) is 10.2 Å². The standard InChI is InChI=1S/C15H20F2N2O/c1-2-19(15(20)9-18-8-11-6-7-11)10-12-13(16)4-3-5-14(12)17/h3-5,11,18H,2,6-10H2,1H3. The van der Waals surface area contributed by atoms with E-state index in [1.54, 1.807) is 6.92 Å². The minimum Gasteiger partial charge on any atom is -0.337 e. The highest BCUT2D eigenvalue weighted by atomic mass is 19.1. The van der Waals surface area contributed by atoms with Gasteiger partial charge < -0.3 is 10.2 Å². The van der Waals surface area contributed by atoms with E-state index in [4.69, 9.17) is 0 Å². The molecule has 0 bridgehead atoms. The molecule has 0 spiro atoms. The summed E-state index contributed by atoms with van der Waals surface area (Å²) in [7, 11) is 0. The van der Waals surface area contributed by atoms with Crippen molar-refractivity contribution in [3.8, 4) is 0 Å². The maximum absolute atomic E-state index is 13.6. The molecule has 1 amide bonds. The normalized spacial score (nSPS) is 14.3. The quantitative estimate of drug-likeness (QED) is 0.832. The van der Waals surface area contributed by atoms with Crippen LogP contribution in [-0.4, -0.2) is 30.4 Å². The van der Waals surface area contributed by atoms with Crippen LogP contribution in [-0.2, 0) is 11.3 Å². The summed E-state index contributed by atoms with van der Waals surface area (Å²) in [5, 5.41) is 3.10. The molecule has 110 valence electrons. The van der Waals surface area contributed by atoms with Crippen LogP contribution in [0.15, 0.2) is 18.2 Å². The van der Waals surface area contributed by atoms with Crippen molar-refractivity contribution in [3.05, 3.63) is 35.4 Å². The number of halogens is 2. The molecule has 5 heteroatoms. The molecule has 0 radical (unpaired) electrons. The minimum absolute atomic E-state index is 0.0288. The Kier molecular flexibility index (Phi) is 5.06. The van der Waals surface area contributed by atoms with E-state index in [9.17, 15) is 13.6 Å². The van der Waals surface area contributed by atoms with Crippen LogP contribution in [0.2, 0.25) is 0 Å². The van der Waals surface area contributed by atoms with Gasteiger partial charge in [0, 0.05) is 12.1 Å². The fourth-order valence-electron chi connectivity index (χ4n) is 2.07. The number of nitrogens with one attached hydrogen (secondary N) is 1. The van der Waals surface area contributed by atoms with Gasteiger partial charge in [0.15, 0.2) is 0 Å². The third kappa shape index (κ3) is 4.00. The molecule has 0 unspecified atom stereocenters. The van der Waals surface area contributed by atoms with Gasteiger partial charge in [-0.1, -0.05) is 6.07 Å². The van der Waals surface area contributed by atoms with Crippen LogP contribution < -0.4 is 5.32 Å². The summed E-state index contributed by atoms with van der Waals surface area (Å²) >= 11 is 0. The summed E-state index contributed by atoms with van der Waals surface area (Å²) < 4.78 is 27.2. The van der Waals surface area contributed by atoms with Gasteiger partial charge in [0.1, 0.15) is 11.6 Å². The van der Waals surface area contributed by atoms with E-state index >= 15 is 0 Å². The number of carbonyl (C=O) groups excluding carboxylic acids is 1. The number of benzene rings is 1. The van der Waals surface area contributed by atoms with E-state index in [1.807, 2.05) is 0 Å². The molecule has 0 aromatic heterocycles. The van der Waals surface area contributed by atoms with E-state index in [2.05, 4.69) is 5.32 Å². The first-order valence-corrected chi connectivity index (χ1v) is 7.03. The zero-order valence-electron chi connectivity index (χ0n) is 11.7. The Morgan fingerprint density at radius 2 is 2.00 bits per heavy atom. The number of hydrogen-bond donors (Lipinski definition) is 1. The van der Waals surface area contributed by atoms with E-state index in [-0.39, 0.29) is 24.6 Å². The Labute approximate surface area is 118 Å². The van der Waals surface area contributed by atoms with E-state index in [0.29, 0.717) is 12.5 Å². The largest absolute Gasteiger partial charge is 0.337 e. The molecule has 2 rings (SSSR count). The SMILES string of the molecule is CCN(Cc1c(F)cccc1F)C(=O)CNCC1CC1. The Morgan fingerprint density at radius 1 is 1.35 bits per heavy atom. The lowest BCUT2D eigenvalue weighted by atomic mass is 10.2. The van der Waals surface area contributed by atoms with Crippen LogP contribution >= 0.6 is 0 Å². The summed E-state index contributed by atoms with van der Waals surface area (Å²) in [6.07, 6.45) is 2.44. The lowest BCUT2D eigenvalue weighted by Crippen LogP contribution is -2.38. The highest BCUT2D eigenvalue weighted by molar-refractivity contribution is 5.78. The average molecular weight is 282 g/mol. The van der Waals surface area contributed by atoms with Crippen LogP contribution in [0.25, 0.3) is 0 Å². The molecule has 1 aliphatic carbocycles. The molecular weight excluding hydrogens is 262 g/mol. The third-order valence-electron chi connectivity index (χ3n) is 3.55. The van der Waals surface area contributed by atoms with Crippen LogP contribution in [0.1, 0.15) is 25.3 Å². The molecule has 0 heterocycles. The van der Waals surface area contributed by atoms with Crippen molar-refractivity contribution in [1.29, 1.82) is 0 Å². The second kappa shape index (κ2) is 6.79. The molecule has 20 heavy (non-hydrogen) atoms. The number of hydrogen-bond acceptors (Lipinski definition) is 2. The molecule has 1 saturated carbocycles. The first-order chi connectivity index (χ1) is 9.61. The van der Waals surface area contributed by atoms with Crippen molar-refractivity contribution < 1.29 is 13.6 Å². The zero-order valence-corrected chi connectivity index (χ0v) is 11.7. The topological polar surface area (TPSA) is 32.3 Å². The summed E-state index contributed by atoms with van der Waals surface area (Å²) in [5.74, 6) is -0.651. The first kappa shape index (κ1) is 14.9. The molecule has 1 fully saturated rings. The highest BCUT2D eigenvalue weighted by Crippen LogP contribution is 2.27. The zero-order chi connectivity index (χ0) is 14.5. The Hall–Kier alpha value is -1.49. The van der Waals surface area contributed by atoms with Gasteiger partial charge in [-0.25, -0.2) is 8.78 Å². The third-order valence-corrected chi connectivity index (χ3v) is 3.55. The number of carbonyl (C=O) groups is 1. The van der Waals surface area contributed by atoms with Crippen molar-refractivity contribution in [3.63, 3.8) is 0 Å². The predicted octanol–water partition coefficient (Wildman–Crippen LogP) is 2.31. The monoisotopic (exact) mass is 282 g/mol. The number of rotatable bonds is 7. The van der Waals surface area contributed by atoms with Gasteiger partial charge in [-0.2, -0.15) is 0 Å². The van der Waals surface area contributed by atoms with E-state index < -0.39 is 11.6 Å². The molecule has 0 aliphatic heterocycles. The molecule has 1 aromatic carbocycles. The van der Waals surface area contributed by atoms with Gasteiger partial charge in [0.05, 0.1) is 13.1 Å². The second-order valence-electron chi connectivity index (χ2n) is 5.18. The van der Waals surface area contributed by atoms with E-state index in [1.165, 1.54) is 35.9 Å². The lowest BCUT2D eigenvalue weighted by Gasteiger charge is -2.21. The fraction of sp³-hybridized carbons (Fsp3) is 0.533. The van der Waals surface area contributed by atoms with Crippen LogP contribution in [0.4, 0.5) is 8.78 Å². The van der Waals surface area contributed by atoms with Gasteiger partial charge in [-0.05, 0) is 44.4 Å². The summed E-state index contributed by atoms with van der Waals surface area (Å²) in [4.78, 5) is 13.5. The molecular formula is C15H20F2N2O. The van der Waals surface area contributed by atoms with E-state index in [0.717, 1.165) is 6.54 Å². The summed E-state index contributed by atoms with van der Waals surface area (Å²) in [6, 6.07) is 3.74. The Morgan fingerprint density at radius 3 is 2.55 bits per heavy atom. The predicted molar refractivity (Wildman–Crippen MR) is 73.0 cm³/mol. The van der Waals surface area contributed by atoms with Gasteiger partial charge in [0.2, 0.25) is 5.91 Å². The van der Waals surface area contributed by atoms with Gasteiger partial charge in [-0.3, -0.25) is 4.79 Å². The molecule has 1 aromatic rings. The Bertz CT molecular complexity index is 455. The minimum atomic E-state index is -0.609. The van der Waals surface area contributed by atoms with Crippen LogP contribution in [0.3, 0.4) is 0 Å². The van der Waals surface area contributed by atoms with Gasteiger partial charge in [-0.15, -0.1) is 0 Å². The number of nitrogens with zero attached hydrogens (tertiary/aromatic N) is 1. The first-order valence-electron chi connectivity index (χ1n) is 7.03. The number of amides is 1. The summed E-state index contributed by atoms with van der Waals surface area (Å²) in [5.41, 5.74) is -0.0510. The maximum atomic E-state index is 13.6. The fourth-order valence-corrected chi connectivity index (χ4v) is 2.07. The maximum Gasteiger partial charge on any atom is 0.236 e. The molecule has 3 nitrogen and oxygen atoms in total. The summed E-state index contributed by atoms with van der Waals surface area (Å²) in [6.45, 7) is 3.27. The average Bonchev–Trinajstić information content (AvgIpc) is 3.22. The highest BCUT2D eigenvalue weighted by Gasteiger charge is 2.22. The van der Waals surface area contributed by atoms with Crippen molar-refractivity contribution in [2.75, 3.05) is 19.6 Å². The number of likely N-dealkylation sites (N-methyl/N-ethyl adjacent to an activating group) is 1. The second-order valence-corrected chi connectivity index (χ2v) is 5.18. The lowest BCUT2D eigenvalue weighted by molar-refractivity contribution is -0.130. The smallest absolute Gasteiger partial charge is 0.236 e. The molecule has 1 N–H and O–H groups in total. The molecule has 0 saturated heterocycles. The van der Waals surface area contributed by atoms with Crippen molar-refractivity contribution in [2.45, 2.75) is 26.3 Å².